The van der Waals surface area contributed by atoms with Gasteiger partial charge in [-0.1, -0.05) is 36.4 Å². The smallest absolute Gasteiger partial charge is 0.359 e. The average Bonchev–Trinajstić information content (AvgIpc) is 2.68. The molecule has 3 rings (SSSR count). The Labute approximate surface area is 161 Å². The van der Waals surface area contributed by atoms with Crippen LogP contribution in [0.5, 0.6) is 0 Å². The first-order valence-corrected chi connectivity index (χ1v) is 8.88. The number of fused-ring (bicyclic) bond motifs is 1. The van der Waals surface area contributed by atoms with Crippen molar-refractivity contribution in [2.75, 3.05) is 6.61 Å². The molecule has 0 aliphatic heterocycles. The molecule has 1 aromatic heterocycles. The molecule has 0 aliphatic carbocycles. The summed E-state index contributed by atoms with van der Waals surface area (Å²) < 4.78 is 5.08. The van der Waals surface area contributed by atoms with E-state index in [0.717, 1.165) is 11.1 Å². The topological polar surface area (TPSA) is 101 Å². The molecule has 0 saturated carbocycles. The Morgan fingerprint density at radius 1 is 1.11 bits per heavy atom. The predicted molar refractivity (Wildman–Crippen MR) is 105 cm³/mol. The van der Waals surface area contributed by atoms with Crippen molar-refractivity contribution >= 4 is 22.6 Å². The molecule has 0 unspecified atom stereocenters. The number of carbonyl (C=O) groups is 2. The van der Waals surface area contributed by atoms with Crippen LogP contribution in [0.15, 0.2) is 47.3 Å². The Morgan fingerprint density at radius 3 is 2.54 bits per heavy atom. The summed E-state index contributed by atoms with van der Waals surface area (Å²) in [5, 5.41) is 9.54. The highest BCUT2D eigenvalue weighted by molar-refractivity contribution is 6.02. The quantitative estimate of drug-likeness (QED) is 0.664. The van der Waals surface area contributed by atoms with Crippen LogP contribution in [0, 0.1) is 13.8 Å². The largest absolute Gasteiger partial charge is 0.451 e. The molecule has 3 aromatic rings. The van der Waals surface area contributed by atoms with Crippen LogP contribution in [0.1, 0.15) is 40.1 Å². The third-order valence-electron chi connectivity index (χ3n) is 4.63. The van der Waals surface area contributed by atoms with Gasteiger partial charge in [-0.15, -0.1) is 0 Å². The Bertz CT molecular complexity index is 1100. The molecule has 144 valence electrons. The summed E-state index contributed by atoms with van der Waals surface area (Å²) in [7, 11) is 0. The lowest BCUT2D eigenvalue weighted by Gasteiger charge is -2.15. The van der Waals surface area contributed by atoms with Crippen molar-refractivity contribution in [1.29, 1.82) is 0 Å². The maximum absolute atomic E-state index is 12.3. The lowest BCUT2D eigenvalue weighted by atomic mass is 10.0. The molecule has 1 heterocycles. The number of nitrogens with zero attached hydrogens (tertiary/aromatic N) is 1. The standard InChI is InChI=1S/C21H21N3O4/c1-12-8-9-15(10-13(12)2)14(3)22-18(25)11-28-21(27)19-16-6-4-5-7-17(16)20(26)24-23-19/h4-10,14H,11H2,1-3H3,(H,22,25)(H,24,26)/t14-/m0/s1. The minimum atomic E-state index is -0.776. The van der Waals surface area contributed by atoms with E-state index >= 15 is 0 Å². The summed E-state index contributed by atoms with van der Waals surface area (Å²) in [5.74, 6) is -1.20. The lowest BCUT2D eigenvalue weighted by Crippen LogP contribution is -2.31. The van der Waals surface area contributed by atoms with Crippen molar-refractivity contribution in [2.45, 2.75) is 26.8 Å². The molecular weight excluding hydrogens is 358 g/mol. The molecule has 1 atom stereocenters. The first-order chi connectivity index (χ1) is 13.4. The van der Waals surface area contributed by atoms with Crippen LogP contribution in [0.25, 0.3) is 10.8 Å². The zero-order valence-electron chi connectivity index (χ0n) is 15.9. The van der Waals surface area contributed by atoms with Crippen molar-refractivity contribution in [3.8, 4) is 0 Å². The summed E-state index contributed by atoms with van der Waals surface area (Å²) in [4.78, 5) is 36.3. The molecule has 0 fully saturated rings. The summed E-state index contributed by atoms with van der Waals surface area (Å²) in [5.41, 5.74) is 2.85. The van der Waals surface area contributed by atoms with Crippen molar-refractivity contribution in [2.24, 2.45) is 0 Å². The van der Waals surface area contributed by atoms with Crippen LogP contribution in [0.4, 0.5) is 0 Å². The number of ether oxygens (including phenoxy) is 1. The van der Waals surface area contributed by atoms with E-state index in [-0.39, 0.29) is 11.7 Å². The predicted octanol–water partition coefficient (Wildman–Crippen LogP) is 2.57. The molecular formula is C21H21N3O4. The highest BCUT2D eigenvalue weighted by Gasteiger charge is 2.18. The molecule has 0 spiro atoms. The van der Waals surface area contributed by atoms with Crippen LogP contribution in [-0.4, -0.2) is 28.7 Å². The second-order valence-electron chi connectivity index (χ2n) is 6.66. The molecule has 7 nitrogen and oxygen atoms in total. The fraction of sp³-hybridized carbons (Fsp3) is 0.238. The minimum Gasteiger partial charge on any atom is -0.451 e. The van der Waals surface area contributed by atoms with Gasteiger partial charge in [0.25, 0.3) is 11.5 Å². The van der Waals surface area contributed by atoms with E-state index in [4.69, 9.17) is 4.74 Å². The van der Waals surface area contributed by atoms with E-state index in [0.29, 0.717) is 10.8 Å². The van der Waals surface area contributed by atoms with Crippen molar-refractivity contribution < 1.29 is 14.3 Å². The SMILES string of the molecule is Cc1ccc([C@H](C)NC(=O)COC(=O)c2n[nH]c(=O)c3ccccc23)cc1C. The number of aryl methyl sites for hydroxylation is 2. The Kier molecular flexibility index (Phi) is 5.54. The van der Waals surface area contributed by atoms with Crippen LogP contribution >= 0.6 is 0 Å². The average molecular weight is 379 g/mol. The Balaban J connectivity index is 1.65. The fourth-order valence-electron chi connectivity index (χ4n) is 2.87. The van der Waals surface area contributed by atoms with Gasteiger partial charge in [-0.05, 0) is 43.5 Å². The highest BCUT2D eigenvalue weighted by atomic mass is 16.5. The van der Waals surface area contributed by atoms with Gasteiger partial charge in [0.2, 0.25) is 0 Å². The zero-order valence-corrected chi connectivity index (χ0v) is 15.9. The van der Waals surface area contributed by atoms with Gasteiger partial charge in [-0.25, -0.2) is 9.89 Å². The molecule has 0 aliphatic rings. The van der Waals surface area contributed by atoms with E-state index in [1.165, 1.54) is 5.56 Å². The van der Waals surface area contributed by atoms with Crippen molar-refractivity contribution in [3.05, 3.63) is 75.2 Å². The number of H-pyrrole nitrogens is 1. The molecule has 2 aromatic carbocycles. The number of carbonyl (C=O) groups excluding carboxylic acids is 2. The van der Waals surface area contributed by atoms with E-state index in [1.807, 2.05) is 39.0 Å². The second-order valence-corrected chi connectivity index (χ2v) is 6.66. The Morgan fingerprint density at radius 2 is 1.82 bits per heavy atom. The van der Waals surface area contributed by atoms with E-state index in [1.54, 1.807) is 24.3 Å². The van der Waals surface area contributed by atoms with Gasteiger partial charge in [-0.2, -0.15) is 5.10 Å². The highest BCUT2D eigenvalue weighted by Crippen LogP contribution is 2.17. The number of nitrogens with one attached hydrogen (secondary N) is 2. The molecule has 2 N–H and O–H groups in total. The van der Waals surface area contributed by atoms with Gasteiger partial charge in [-0.3, -0.25) is 9.59 Å². The minimum absolute atomic E-state index is 0.0368. The maximum Gasteiger partial charge on any atom is 0.359 e. The van der Waals surface area contributed by atoms with Gasteiger partial charge in [0.1, 0.15) is 0 Å². The first-order valence-electron chi connectivity index (χ1n) is 8.88. The van der Waals surface area contributed by atoms with Crippen LogP contribution in [0.2, 0.25) is 0 Å². The van der Waals surface area contributed by atoms with Crippen molar-refractivity contribution in [3.63, 3.8) is 0 Å². The molecule has 28 heavy (non-hydrogen) atoms. The first kappa shape index (κ1) is 19.3. The fourth-order valence-corrected chi connectivity index (χ4v) is 2.87. The number of hydrogen-bond acceptors (Lipinski definition) is 5. The summed E-state index contributed by atoms with van der Waals surface area (Å²) >= 11 is 0. The number of rotatable bonds is 5. The van der Waals surface area contributed by atoms with Gasteiger partial charge in [0.05, 0.1) is 11.4 Å². The maximum atomic E-state index is 12.3. The normalized spacial score (nSPS) is 11.8. The third-order valence-corrected chi connectivity index (χ3v) is 4.63. The van der Waals surface area contributed by atoms with Crippen LogP contribution in [-0.2, 0) is 9.53 Å². The number of esters is 1. The van der Waals surface area contributed by atoms with Gasteiger partial charge >= 0.3 is 5.97 Å². The third kappa shape index (κ3) is 4.09. The van der Waals surface area contributed by atoms with Crippen molar-refractivity contribution in [1.82, 2.24) is 15.5 Å². The molecule has 0 bridgehead atoms. The molecule has 1 amide bonds. The number of hydrogen-bond donors (Lipinski definition) is 2. The molecule has 0 saturated heterocycles. The number of aromatic amines is 1. The number of benzene rings is 2. The molecule has 7 heteroatoms. The second kappa shape index (κ2) is 8.04. The van der Waals surface area contributed by atoms with E-state index < -0.39 is 24.0 Å². The number of aromatic nitrogens is 2. The lowest BCUT2D eigenvalue weighted by molar-refractivity contribution is -0.124. The van der Waals surface area contributed by atoms with Gasteiger partial charge in [0, 0.05) is 5.39 Å². The van der Waals surface area contributed by atoms with E-state index in [9.17, 15) is 14.4 Å². The van der Waals surface area contributed by atoms with Gasteiger partial charge in [0.15, 0.2) is 12.3 Å². The number of amides is 1. The van der Waals surface area contributed by atoms with Crippen LogP contribution in [0.3, 0.4) is 0 Å². The monoisotopic (exact) mass is 379 g/mol. The Hall–Kier alpha value is -3.48. The summed E-state index contributed by atoms with van der Waals surface area (Å²) in [6, 6.07) is 12.3. The molecule has 0 radical (unpaired) electrons. The summed E-state index contributed by atoms with van der Waals surface area (Å²) in [6.07, 6.45) is 0. The van der Waals surface area contributed by atoms with Gasteiger partial charge < -0.3 is 10.1 Å². The zero-order chi connectivity index (χ0) is 20.3. The van der Waals surface area contributed by atoms with Crippen LogP contribution < -0.4 is 10.9 Å². The van der Waals surface area contributed by atoms with E-state index in [2.05, 4.69) is 15.5 Å². The summed E-state index contributed by atoms with van der Waals surface area (Å²) in [6.45, 7) is 5.46.